The van der Waals surface area contributed by atoms with Crippen LogP contribution in [-0.4, -0.2) is 50.0 Å². The maximum atomic E-state index is 12.5. The molecule has 1 heterocycles. The Morgan fingerprint density at radius 2 is 1.93 bits per heavy atom. The number of hydrogen-bond acceptors (Lipinski definition) is 6. The number of aromatic nitrogens is 2. The normalized spacial score (nSPS) is 12.4. The van der Waals surface area contributed by atoms with Gasteiger partial charge in [-0.2, -0.15) is 0 Å². The van der Waals surface area contributed by atoms with Gasteiger partial charge in [0.15, 0.2) is 0 Å². The van der Waals surface area contributed by atoms with Crippen molar-refractivity contribution in [2.75, 3.05) is 32.7 Å². The van der Waals surface area contributed by atoms with Crippen LogP contribution in [0.1, 0.15) is 22.1 Å². The molecule has 0 aliphatic rings. The van der Waals surface area contributed by atoms with Crippen LogP contribution in [0.25, 0.3) is 0 Å². The molecule has 0 saturated carbocycles. The lowest BCUT2D eigenvalue weighted by Crippen LogP contribution is -2.33. The topological polar surface area (TPSA) is 96.5 Å². The van der Waals surface area contributed by atoms with E-state index in [0.29, 0.717) is 5.56 Å². The van der Waals surface area contributed by atoms with Crippen molar-refractivity contribution in [3.05, 3.63) is 51.9 Å². The zero-order valence-corrected chi connectivity index (χ0v) is 15.3. The highest BCUT2D eigenvalue weighted by molar-refractivity contribution is 5.92. The quantitative estimate of drug-likeness (QED) is 0.737. The molecule has 11 heteroatoms. The number of nitrogens with zero attached hydrogens (tertiary/aromatic N) is 2. The number of halogens is 3. The summed E-state index contributed by atoms with van der Waals surface area (Å²) in [6, 6.07) is 5.39. The average molecular weight is 400 g/mol. The van der Waals surface area contributed by atoms with Crippen LogP contribution in [0, 0.1) is 0 Å². The van der Waals surface area contributed by atoms with Crippen molar-refractivity contribution < 1.29 is 27.4 Å². The Balaban J connectivity index is 2.20. The fourth-order valence-corrected chi connectivity index (χ4v) is 2.29. The molecule has 0 fully saturated rings. The summed E-state index contributed by atoms with van der Waals surface area (Å²) in [7, 11) is 4.71. The van der Waals surface area contributed by atoms with Gasteiger partial charge in [0, 0.05) is 27.3 Å². The summed E-state index contributed by atoms with van der Waals surface area (Å²) in [5.74, 6) is -0.813. The van der Waals surface area contributed by atoms with E-state index in [4.69, 9.17) is 4.74 Å². The second-order valence-corrected chi connectivity index (χ2v) is 5.95. The van der Waals surface area contributed by atoms with Crippen molar-refractivity contribution >= 4 is 11.9 Å². The molecule has 0 radical (unpaired) electrons. The van der Waals surface area contributed by atoms with Crippen LogP contribution in [-0.2, 0) is 4.74 Å². The first-order valence-electron chi connectivity index (χ1n) is 8.03. The Morgan fingerprint density at radius 1 is 1.29 bits per heavy atom. The number of hydrogen-bond donors (Lipinski definition) is 2. The van der Waals surface area contributed by atoms with Crippen LogP contribution in [0.3, 0.4) is 0 Å². The van der Waals surface area contributed by atoms with Crippen molar-refractivity contribution in [3.63, 3.8) is 0 Å². The number of anilines is 1. The summed E-state index contributed by atoms with van der Waals surface area (Å²) in [5, 5.41) is 2.65. The first-order valence-corrected chi connectivity index (χ1v) is 8.03. The number of carbonyl (C=O) groups excluding carboxylic acids is 1. The van der Waals surface area contributed by atoms with Crippen LogP contribution in [0.5, 0.6) is 5.75 Å². The molecule has 1 aromatic carbocycles. The molecule has 1 atom stereocenters. The van der Waals surface area contributed by atoms with Crippen molar-refractivity contribution in [2.24, 2.45) is 0 Å². The molecule has 0 spiro atoms. The number of amides is 1. The maximum absolute atomic E-state index is 12.5. The Bertz CT molecular complexity index is 866. The van der Waals surface area contributed by atoms with Gasteiger partial charge in [-0.25, -0.2) is 4.98 Å². The number of methoxy groups -OCH3 is 1. The van der Waals surface area contributed by atoms with E-state index in [2.05, 4.69) is 20.0 Å². The molecule has 1 aromatic heterocycles. The summed E-state index contributed by atoms with van der Waals surface area (Å²) in [5.41, 5.74) is -0.117. The van der Waals surface area contributed by atoms with Crippen LogP contribution in [0.15, 0.2) is 35.1 Å². The first kappa shape index (κ1) is 21.2. The molecule has 28 heavy (non-hydrogen) atoms. The Labute approximate surface area is 158 Å². The van der Waals surface area contributed by atoms with E-state index in [0.717, 1.165) is 18.2 Å². The standard InChI is InChI=1S/C17H19F3N4O4/c1-24(2)16-22-12(8-14(25)23-16)15(26)21-13(9-27-3)10-4-6-11(7-5-10)28-17(18,19)20/h4-8,13H,9H2,1-3H3,(H,21,26)(H,22,23,25)/t13-/m1/s1. The Morgan fingerprint density at radius 3 is 2.46 bits per heavy atom. The van der Waals surface area contributed by atoms with Crippen LogP contribution >= 0.6 is 0 Å². The summed E-state index contributed by atoms with van der Waals surface area (Å²) in [6.07, 6.45) is -4.79. The molecule has 0 bridgehead atoms. The minimum Gasteiger partial charge on any atom is -0.406 e. The van der Waals surface area contributed by atoms with Crippen molar-refractivity contribution in [1.82, 2.24) is 15.3 Å². The molecule has 0 unspecified atom stereocenters. The zero-order valence-electron chi connectivity index (χ0n) is 15.3. The summed E-state index contributed by atoms with van der Waals surface area (Å²) in [4.78, 5) is 32.3. The molecule has 2 rings (SSSR count). The van der Waals surface area contributed by atoms with Gasteiger partial charge < -0.3 is 19.7 Å². The fourth-order valence-electron chi connectivity index (χ4n) is 2.29. The molecular weight excluding hydrogens is 381 g/mol. The zero-order chi connectivity index (χ0) is 20.9. The minimum atomic E-state index is -4.79. The second kappa shape index (κ2) is 8.74. The molecular formula is C17H19F3N4O4. The van der Waals surface area contributed by atoms with Crippen molar-refractivity contribution in [2.45, 2.75) is 12.4 Å². The summed E-state index contributed by atoms with van der Waals surface area (Å²) in [6.45, 7) is 0.0505. The van der Waals surface area contributed by atoms with E-state index in [1.807, 2.05) is 0 Å². The van der Waals surface area contributed by atoms with Gasteiger partial charge in [-0.3, -0.25) is 14.6 Å². The van der Waals surface area contributed by atoms with Gasteiger partial charge in [0.05, 0.1) is 12.6 Å². The predicted octanol–water partition coefficient (Wildman–Crippen LogP) is 1.85. The molecule has 152 valence electrons. The van der Waals surface area contributed by atoms with E-state index in [-0.39, 0.29) is 24.0 Å². The van der Waals surface area contributed by atoms with Gasteiger partial charge in [0.25, 0.3) is 11.5 Å². The van der Waals surface area contributed by atoms with Crippen LogP contribution in [0.4, 0.5) is 19.1 Å². The smallest absolute Gasteiger partial charge is 0.406 e. The number of alkyl halides is 3. The van der Waals surface area contributed by atoms with Crippen molar-refractivity contribution in [1.29, 1.82) is 0 Å². The van der Waals surface area contributed by atoms with E-state index < -0.39 is 23.9 Å². The third kappa shape index (κ3) is 5.98. The molecule has 2 aromatic rings. The molecule has 0 aliphatic carbocycles. The largest absolute Gasteiger partial charge is 0.573 e. The monoisotopic (exact) mass is 400 g/mol. The predicted molar refractivity (Wildman–Crippen MR) is 94.4 cm³/mol. The van der Waals surface area contributed by atoms with Gasteiger partial charge in [0.2, 0.25) is 5.95 Å². The number of benzene rings is 1. The van der Waals surface area contributed by atoms with Crippen LogP contribution in [0.2, 0.25) is 0 Å². The minimum absolute atomic E-state index is 0.0505. The highest BCUT2D eigenvalue weighted by Crippen LogP contribution is 2.24. The van der Waals surface area contributed by atoms with Crippen LogP contribution < -0.4 is 20.5 Å². The SMILES string of the molecule is COC[C@@H](NC(=O)c1cc(=O)[nH]c(N(C)C)n1)c1ccc(OC(F)(F)F)cc1. The van der Waals surface area contributed by atoms with E-state index >= 15 is 0 Å². The number of carbonyl (C=O) groups is 1. The maximum Gasteiger partial charge on any atom is 0.573 e. The number of H-pyrrole nitrogens is 1. The van der Waals surface area contributed by atoms with E-state index in [1.165, 1.54) is 24.1 Å². The summed E-state index contributed by atoms with van der Waals surface area (Å²) >= 11 is 0. The summed E-state index contributed by atoms with van der Waals surface area (Å²) < 4.78 is 45.7. The average Bonchev–Trinajstić information content (AvgIpc) is 2.60. The van der Waals surface area contributed by atoms with Gasteiger partial charge >= 0.3 is 6.36 Å². The lowest BCUT2D eigenvalue weighted by molar-refractivity contribution is -0.274. The van der Waals surface area contributed by atoms with Gasteiger partial charge in [-0.1, -0.05) is 12.1 Å². The van der Waals surface area contributed by atoms with Gasteiger partial charge in [0.1, 0.15) is 11.4 Å². The van der Waals surface area contributed by atoms with E-state index in [9.17, 15) is 22.8 Å². The number of ether oxygens (including phenoxy) is 2. The highest BCUT2D eigenvalue weighted by Gasteiger charge is 2.31. The van der Waals surface area contributed by atoms with E-state index in [1.54, 1.807) is 14.1 Å². The fraction of sp³-hybridized carbons (Fsp3) is 0.353. The van der Waals surface area contributed by atoms with Crippen molar-refractivity contribution in [3.8, 4) is 5.75 Å². The van der Waals surface area contributed by atoms with Gasteiger partial charge in [-0.15, -0.1) is 13.2 Å². The molecule has 2 N–H and O–H groups in total. The number of nitrogens with one attached hydrogen (secondary N) is 2. The number of rotatable bonds is 7. The third-order valence-electron chi connectivity index (χ3n) is 3.54. The Hall–Kier alpha value is -3.08. The number of aromatic amines is 1. The third-order valence-corrected chi connectivity index (χ3v) is 3.54. The molecule has 0 aliphatic heterocycles. The molecule has 1 amide bonds. The second-order valence-electron chi connectivity index (χ2n) is 5.95. The molecule has 8 nitrogen and oxygen atoms in total. The lowest BCUT2D eigenvalue weighted by Gasteiger charge is -2.19. The first-order chi connectivity index (χ1) is 13.1. The van der Waals surface area contributed by atoms with Gasteiger partial charge in [-0.05, 0) is 17.7 Å². The highest BCUT2D eigenvalue weighted by atomic mass is 19.4. The molecule has 0 saturated heterocycles. The lowest BCUT2D eigenvalue weighted by atomic mass is 10.1. The Kier molecular flexibility index (Phi) is 6.62.